The van der Waals surface area contributed by atoms with Gasteiger partial charge < -0.3 is 5.32 Å². The lowest BCUT2D eigenvalue weighted by Gasteiger charge is -2.53. The molecule has 5 heteroatoms. The van der Waals surface area contributed by atoms with Crippen molar-refractivity contribution in [3.8, 4) is 0 Å². The van der Waals surface area contributed by atoms with Gasteiger partial charge in [0.05, 0.1) is 6.54 Å². The van der Waals surface area contributed by atoms with Crippen LogP contribution in [0, 0.1) is 29.6 Å². The molecule has 0 aromatic carbocycles. The average Bonchev–Trinajstić information content (AvgIpc) is 2.34. The molecule has 4 rings (SSSR count). The molecule has 5 nitrogen and oxygen atoms in total. The van der Waals surface area contributed by atoms with Crippen LogP contribution in [-0.2, 0) is 9.59 Å². The molecular weight excluding hydrogens is 230 g/mol. The third-order valence-electron chi connectivity index (χ3n) is 5.11. The minimum atomic E-state index is -0.341. The summed E-state index contributed by atoms with van der Waals surface area (Å²) in [5.41, 5.74) is 2.03. The second-order valence-electron chi connectivity index (χ2n) is 6.24. The molecule has 4 N–H and O–H groups in total. The van der Waals surface area contributed by atoms with E-state index in [1.54, 1.807) is 0 Å². The van der Waals surface area contributed by atoms with Gasteiger partial charge in [-0.1, -0.05) is 0 Å². The number of nitrogens with two attached hydrogens (primary N) is 1. The van der Waals surface area contributed by atoms with Crippen LogP contribution >= 0.6 is 0 Å². The molecule has 4 bridgehead atoms. The van der Waals surface area contributed by atoms with Crippen LogP contribution in [0.4, 0.5) is 0 Å². The fourth-order valence-electron chi connectivity index (χ4n) is 4.69. The second-order valence-corrected chi connectivity index (χ2v) is 6.24. The largest absolute Gasteiger partial charge is 0.347 e. The first-order valence-electron chi connectivity index (χ1n) is 6.94. The number of hydrazine groups is 1. The van der Waals surface area contributed by atoms with Crippen molar-refractivity contribution in [3.63, 3.8) is 0 Å². The highest BCUT2D eigenvalue weighted by Crippen LogP contribution is 2.56. The first-order chi connectivity index (χ1) is 8.67. The van der Waals surface area contributed by atoms with Crippen LogP contribution in [0.25, 0.3) is 0 Å². The molecule has 4 saturated carbocycles. The standard InChI is InChI=1S/C13H21N3O2/c14-16-11(17)6-15-13(18)12-9-2-7-1-8(4-9)5-10(12)3-7/h7-10,12H,1-6,14H2,(H,15,18)(H,16,17). The van der Waals surface area contributed by atoms with Crippen molar-refractivity contribution in [3.05, 3.63) is 0 Å². The van der Waals surface area contributed by atoms with E-state index < -0.39 is 0 Å². The summed E-state index contributed by atoms with van der Waals surface area (Å²) in [5, 5.41) is 2.73. The molecule has 4 aliphatic rings. The molecule has 0 heterocycles. The molecule has 100 valence electrons. The Kier molecular flexibility index (Phi) is 3.01. The van der Waals surface area contributed by atoms with Crippen molar-refractivity contribution in [1.82, 2.24) is 10.7 Å². The van der Waals surface area contributed by atoms with Crippen LogP contribution in [0.2, 0.25) is 0 Å². The quantitative estimate of drug-likeness (QED) is 0.379. The minimum Gasteiger partial charge on any atom is -0.347 e. The summed E-state index contributed by atoms with van der Waals surface area (Å²) in [6.45, 7) is -0.00185. The molecule has 0 saturated heterocycles. The molecule has 0 spiro atoms. The average molecular weight is 251 g/mol. The highest BCUT2D eigenvalue weighted by atomic mass is 16.2. The van der Waals surface area contributed by atoms with Crippen LogP contribution in [0.1, 0.15) is 32.1 Å². The van der Waals surface area contributed by atoms with Gasteiger partial charge in [-0.05, 0) is 55.8 Å². The van der Waals surface area contributed by atoms with Crippen molar-refractivity contribution in [2.75, 3.05) is 6.54 Å². The summed E-state index contributed by atoms with van der Waals surface area (Å²) in [6.07, 6.45) is 6.25. The molecule has 4 fully saturated rings. The Bertz CT molecular complexity index is 341. The minimum absolute atomic E-state index is 0.00185. The number of nitrogens with one attached hydrogen (secondary N) is 2. The normalized spacial score (nSPS) is 40.6. The highest BCUT2D eigenvalue weighted by molar-refractivity contribution is 5.86. The number of hydrogen-bond acceptors (Lipinski definition) is 3. The summed E-state index contributed by atoms with van der Waals surface area (Å²) in [4.78, 5) is 23.3. The fourth-order valence-corrected chi connectivity index (χ4v) is 4.69. The summed E-state index contributed by atoms with van der Waals surface area (Å²) in [6, 6.07) is 0. The third-order valence-corrected chi connectivity index (χ3v) is 5.11. The summed E-state index contributed by atoms with van der Waals surface area (Å²) < 4.78 is 0. The monoisotopic (exact) mass is 251 g/mol. The second kappa shape index (κ2) is 4.53. The fraction of sp³-hybridized carbons (Fsp3) is 0.846. The molecule has 4 aliphatic carbocycles. The Hall–Kier alpha value is -1.10. The molecule has 0 aromatic rings. The Labute approximate surface area is 107 Å². The van der Waals surface area contributed by atoms with E-state index in [9.17, 15) is 9.59 Å². The maximum Gasteiger partial charge on any atom is 0.253 e. The van der Waals surface area contributed by atoms with E-state index in [-0.39, 0.29) is 24.3 Å². The zero-order valence-corrected chi connectivity index (χ0v) is 10.5. The van der Waals surface area contributed by atoms with Crippen LogP contribution in [0.15, 0.2) is 0 Å². The van der Waals surface area contributed by atoms with Gasteiger partial charge in [-0.25, -0.2) is 5.84 Å². The Balaban J connectivity index is 1.62. The summed E-state index contributed by atoms with van der Waals surface area (Å²) in [7, 11) is 0. The van der Waals surface area contributed by atoms with Crippen LogP contribution in [0.5, 0.6) is 0 Å². The predicted molar refractivity (Wildman–Crippen MR) is 65.9 cm³/mol. The van der Waals surface area contributed by atoms with Crippen molar-refractivity contribution in [2.24, 2.45) is 35.4 Å². The van der Waals surface area contributed by atoms with E-state index in [2.05, 4.69) is 5.32 Å². The van der Waals surface area contributed by atoms with E-state index >= 15 is 0 Å². The van der Waals surface area contributed by atoms with Gasteiger partial charge in [0.15, 0.2) is 0 Å². The topological polar surface area (TPSA) is 84.2 Å². The molecule has 0 radical (unpaired) electrons. The Morgan fingerprint density at radius 3 is 2.06 bits per heavy atom. The van der Waals surface area contributed by atoms with E-state index in [4.69, 9.17) is 5.84 Å². The van der Waals surface area contributed by atoms with Crippen LogP contribution in [-0.4, -0.2) is 18.4 Å². The van der Waals surface area contributed by atoms with Gasteiger partial charge in [0, 0.05) is 5.92 Å². The first kappa shape index (κ1) is 12.0. The third kappa shape index (κ3) is 2.00. The van der Waals surface area contributed by atoms with Gasteiger partial charge in [-0.2, -0.15) is 0 Å². The Morgan fingerprint density at radius 1 is 1.00 bits per heavy atom. The van der Waals surface area contributed by atoms with Gasteiger partial charge in [0.25, 0.3) is 5.91 Å². The molecule has 2 amide bonds. The van der Waals surface area contributed by atoms with Crippen LogP contribution in [0.3, 0.4) is 0 Å². The molecule has 0 aliphatic heterocycles. The summed E-state index contributed by atoms with van der Waals surface area (Å²) >= 11 is 0. The number of hydrogen-bond donors (Lipinski definition) is 3. The van der Waals surface area contributed by atoms with E-state index in [1.165, 1.54) is 32.1 Å². The lowest BCUT2D eigenvalue weighted by Crippen LogP contribution is -2.52. The van der Waals surface area contributed by atoms with Gasteiger partial charge in [0.1, 0.15) is 0 Å². The van der Waals surface area contributed by atoms with Crippen molar-refractivity contribution in [2.45, 2.75) is 32.1 Å². The van der Waals surface area contributed by atoms with Crippen LogP contribution < -0.4 is 16.6 Å². The van der Waals surface area contributed by atoms with Gasteiger partial charge in [-0.3, -0.25) is 15.0 Å². The van der Waals surface area contributed by atoms with Gasteiger partial charge in [0.2, 0.25) is 5.91 Å². The molecule has 0 unspecified atom stereocenters. The maximum atomic E-state index is 12.2. The van der Waals surface area contributed by atoms with E-state index in [0.29, 0.717) is 11.8 Å². The zero-order valence-electron chi connectivity index (χ0n) is 10.5. The first-order valence-corrected chi connectivity index (χ1v) is 6.94. The number of rotatable bonds is 3. The lowest BCUT2D eigenvalue weighted by atomic mass is 9.51. The molecule has 18 heavy (non-hydrogen) atoms. The highest BCUT2D eigenvalue weighted by Gasteiger charge is 2.50. The molecule has 0 aromatic heterocycles. The molecule has 0 atom stereocenters. The van der Waals surface area contributed by atoms with Crippen molar-refractivity contribution < 1.29 is 9.59 Å². The van der Waals surface area contributed by atoms with Gasteiger partial charge >= 0.3 is 0 Å². The van der Waals surface area contributed by atoms with E-state index in [1.807, 2.05) is 5.43 Å². The lowest BCUT2D eigenvalue weighted by molar-refractivity contribution is -0.139. The number of carbonyl (C=O) groups excluding carboxylic acids is 2. The molecular formula is C13H21N3O2. The van der Waals surface area contributed by atoms with Gasteiger partial charge in [-0.15, -0.1) is 0 Å². The SMILES string of the molecule is NNC(=O)CNC(=O)C1C2CC3CC(C2)CC1C3. The predicted octanol–water partition coefficient (Wildman–Crippen LogP) is 0.165. The summed E-state index contributed by atoms with van der Waals surface area (Å²) in [5.74, 6) is 7.71. The van der Waals surface area contributed by atoms with Crippen molar-refractivity contribution >= 4 is 11.8 Å². The van der Waals surface area contributed by atoms with E-state index in [0.717, 1.165) is 11.8 Å². The maximum absolute atomic E-state index is 12.2. The smallest absolute Gasteiger partial charge is 0.253 e. The Morgan fingerprint density at radius 2 is 1.56 bits per heavy atom. The van der Waals surface area contributed by atoms with Crippen molar-refractivity contribution in [1.29, 1.82) is 0 Å². The zero-order chi connectivity index (χ0) is 12.7. The number of carbonyl (C=O) groups is 2. The number of amides is 2.